The van der Waals surface area contributed by atoms with E-state index in [1.54, 1.807) is 30.6 Å². The Morgan fingerprint density at radius 1 is 1.17 bits per heavy atom. The molecule has 4 rings (SSSR count). The third kappa shape index (κ3) is 4.27. The van der Waals surface area contributed by atoms with Crippen LogP contribution >= 0.6 is 0 Å². The van der Waals surface area contributed by atoms with Crippen molar-refractivity contribution in [1.82, 2.24) is 30.0 Å². The summed E-state index contributed by atoms with van der Waals surface area (Å²) in [5.74, 6) is 1.81. The maximum absolute atomic E-state index is 12.4. The number of carbonyl (C=O) groups is 1. The quantitative estimate of drug-likeness (QED) is 0.689. The minimum Gasteiger partial charge on any atom is -0.508 e. The van der Waals surface area contributed by atoms with Crippen molar-refractivity contribution in [1.29, 1.82) is 0 Å². The lowest BCUT2D eigenvalue weighted by Crippen LogP contribution is -2.30. The van der Waals surface area contributed by atoms with E-state index in [-0.39, 0.29) is 11.9 Å². The second-order valence-electron chi connectivity index (χ2n) is 7.22. The molecule has 2 N–H and O–H groups in total. The second kappa shape index (κ2) is 8.40. The first kappa shape index (κ1) is 19.1. The highest BCUT2D eigenvalue weighted by atomic mass is 16.3. The molecule has 3 heterocycles. The van der Waals surface area contributed by atoms with E-state index in [2.05, 4.69) is 30.0 Å². The molecule has 1 amide bonds. The Labute approximate surface area is 169 Å². The van der Waals surface area contributed by atoms with Crippen LogP contribution in [0.2, 0.25) is 0 Å². The summed E-state index contributed by atoms with van der Waals surface area (Å²) in [5.41, 5.74) is 1.44. The van der Waals surface area contributed by atoms with Crippen LogP contribution in [0.1, 0.15) is 40.5 Å². The summed E-state index contributed by atoms with van der Waals surface area (Å²) in [4.78, 5) is 18.7. The molecular formula is C21H24N6O2. The summed E-state index contributed by atoms with van der Waals surface area (Å²) in [6.45, 7) is 4.99. The molecule has 0 bridgehead atoms. The van der Waals surface area contributed by atoms with Crippen LogP contribution in [-0.2, 0) is 19.5 Å². The van der Waals surface area contributed by atoms with Gasteiger partial charge in [0.05, 0.1) is 11.6 Å². The van der Waals surface area contributed by atoms with Crippen LogP contribution in [0.15, 0.2) is 48.8 Å². The fourth-order valence-electron chi connectivity index (χ4n) is 3.59. The van der Waals surface area contributed by atoms with E-state index in [0.29, 0.717) is 17.9 Å². The van der Waals surface area contributed by atoms with Gasteiger partial charge in [0.2, 0.25) is 0 Å². The van der Waals surface area contributed by atoms with Crippen LogP contribution in [0.5, 0.6) is 5.75 Å². The lowest BCUT2D eigenvalue weighted by Gasteiger charge is -2.20. The van der Waals surface area contributed by atoms with E-state index in [4.69, 9.17) is 0 Å². The maximum Gasteiger partial charge on any atom is 0.253 e. The summed E-state index contributed by atoms with van der Waals surface area (Å²) in [7, 11) is 0. The monoisotopic (exact) mass is 392 g/mol. The molecule has 1 aromatic carbocycles. The van der Waals surface area contributed by atoms with E-state index in [1.807, 2.05) is 25.1 Å². The summed E-state index contributed by atoms with van der Waals surface area (Å²) < 4.78 is 2.10. The van der Waals surface area contributed by atoms with E-state index in [0.717, 1.165) is 43.3 Å². The van der Waals surface area contributed by atoms with Gasteiger partial charge < -0.3 is 15.0 Å². The standard InChI is InChI=1S/C21H24N6O2/c1-15(23-21(29)16-6-4-9-22-13-16)20-25-24-19-8-10-26(11-12-27(19)20)14-17-5-2-3-7-18(17)28/h2-7,9,13,15,28H,8,10-12,14H2,1H3,(H,23,29). The van der Waals surface area contributed by atoms with Crippen molar-refractivity contribution in [3.8, 4) is 5.75 Å². The number of carbonyl (C=O) groups excluding carboxylic acids is 1. The van der Waals surface area contributed by atoms with Crippen LogP contribution < -0.4 is 5.32 Å². The Balaban J connectivity index is 1.43. The predicted octanol–water partition coefficient (Wildman–Crippen LogP) is 1.93. The molecule has 2 aromatic heterocycles. The summed E-state index contributed by atoms with van der Waals surface area (Å²) in [6, 6.07) is 10.6. The van der Waals surface area contributed by atoms with E-state index in [9.17, 15) is 9.90 Å². The number of nitrogens with zero attached hydrogens (tertiary/aromatic N) is 5. The smallest absolute Gasteiger partial charge is 0.253 e. The van der Waals surface area contributed by atoms with Gasteiger partial charge in [-0.2, -0.15) is 0 Å². The topological polar surface area (TPSA) is 96.2 Å². The first-order valence-electron chi connectivity index (χ1n) is 9.74. The Morgan fingerprint density at radius 3 is 2.83 bits per heavy atom. The molecule has 1 atom stereocenters. The van der Waals surface area contributed by atoms with Crippen molar-refractivity contribution in [3.63, 3.8) is 0 Å². The molecule has 1 unspecified atom stereocenters. The highest BCUT2D eigenvalue weighted by molar-refractivity contribution is 5.93. The molecule has 29 heavy (non-hydrogen) atoms. The number of benzene rings is 1. The van der Waals surface area contributed by atoms with Gasteiger partial charge in [-0.25, -0.2) is 0 Å². The number of fused-ring (bicyclic) bond motifs is 1. The number of phenols is 1. The van der Waals surface area contributed by atoms with Crippen LogP contribution in [0, 0.1) is 0 Å². The fraction of sp³-hybridized carbons (Fsp3) is 0.333. The molecule has 0 aliphatic carbocycles. The molecule has 1 aliphatic rings. The average molecular weight is 392 g/mol. The highest BCUT2D eigenvalue weighted by Gasteiger charge is 2.23. The number of amides is 1. The van der Waals surface area contributed by atoms with Crippen molar-refractivity contribution in [2.45, 2.75) is 32.5 Å². The summed E-state index contributed by atoms with van der Waals surface area (Å²) in [6.07, 6.45) is 3.95. The highest BCUT2D eigenvalue weighted by Crippen LogP contribution is 2.20. The Hall–Kier alpha value is -3.26. The Bertz CT molecular complexity index is 988. The normalized spacial score (nSPS) is 15.3. The maximum atomic E-state index is 12.4. The first-order valence-corrected chi connectivity index (χ1v) is 9.74. The van der Waals surface area contributed by atoms with Crippen molar-refractivity contribution in [2.75, 3.05) is 13.1 Å². The minimum absolute atomic E-state index is 0.183. The number of aromatic hydroxyl groups is 1. The van der Waals surface area contributed by atoms with Gasteiger partial charge in [0.15, 0.2) is 5.82 Å². The Morgan fingerprint density at radius 2 is 2.03 bits per heavy atom. The van der Waals surface area contributed by atoms with Gasteiger partial charge in [-0.15, -0.1) is 10.2 Å². The number of para-hydroxylation sites is 1. The van der Waals surface area contributed by atoms with Crippen molar-refractivity contribution in [2.24, 2.45) is 0 Å². The van der Waals surface area contributed by atoms with Crippen molar-refractivity contribution >= 4 is 5.91 Å². The third-order valence-electron chi connectivity index (χ3n) is 5.19. The lowest BCUT2D eigenvalue weighted by atomic mass is 10.2. The van der Waals surface area contributed by atoms with Crippen molar-refractivity contribution < 1.29 is 9.90 Å². The van der Waals surface area contributed by atoms with Crippen LogP contribution in [0.3, 0.4) is 0 Å². The van der Waals surface area contributed by atoms with E-state index < -0.39 is 0 Å². The number of phenolic OH excluding ortho intramolecular Hbond substituents is 1. The number of pyridine rings is 1. The number of hydrogen-bond acceptors (Lipinski definition) is 6. The Kier molecular flexibility index (Phi) is 5.53. The zero-order valence-corrected chi connectivity index (χ0v) is 16.3. The molecule has 8 nitrogen and oxygen atoms in total. The molecule has 0 spiro atoms. The zero-order chi connectivity index (χ0) is 20.2. The molecule has 0 fully saturated rings. The molecule has 0 saturated heterocycles. The number of hydrogen-bond donors (Lipinski definition) is 2. The summed E-state index contributed by atoms with van der Waals surface area (Å²) >= 11 is 0. The van der Waals surface area contributed by atoms with Crippen LogP contribution in [-0.4, -0.2) is 48.8 Å². The fourth-order valence-corrected chi connectivity index (χ4v) is 3.59. The van der Waals surface area contributed by atoms with Crippen LogP contribution in [0.4, 0.5) is 0 Å². The van der Waals surface area contributed by atoms with E-state index in [1.165, 1.54) is 0 Å². The zero-order valence-electron chi connectivity index (χ0n) is 16.3. The number of aromatic nitrogens is 4. The van der Waals surface area contributed by atoms with Gasteiger partial charge in [0.25, 0.3) is 5.91 Å². The minimum atomic E-state index is -0.270. The third-order valence-corrected chi connectivity index (χ3v) is 5.19. The number of rotatable bonds is 5. The molecule has 0 saturated carbocycles. The molecule has 150 valence electrons. The van der Waals surface area contributed by atoms with Gasteiger partial charge in [0.1, 0.15) is 11.6 Å². The van der Waals surface area contributed by atoms with Crippen LogP contribution in [0.25, 0.3) is 0 Å². The molecule has 8 heteroatoms. The van der Waals surface area contributed by atoms with E-state index >= 15 is 0 Å². The van der Waals surface area contributed by atoms with Gasteiger partial charge in [-0.05, 0) is 25.1 Å². The van der Waals surface area contributed by atoms with Gasteiger partial charge in [-0.3, -0.25) is 14.7 Å². The van der Waals surface area contributed by atoms with Gasteiger partial charge in [0, 0.05) is 50.6 Å². The van der Waals surface area contributed by atoms with Gasteiger partial charge in [-0.1, -0.05) is 18.2 Å². The average Bonchev–Trinajstić information content (AvgIpc) is 3.05. The first-order chi connectivity index (χ1) is 14.1. The second-order valence-corrected chi connectivity index (χ2v) is 7.22. The SMILES string of the molecule is CC(NC(=O)c1cccnc1)c1nnc2n1CCN(Cc1ccccc1O)CC2. The molecule has 1 aliphatic heterocycles. The largest absolute Gasteiger partial charge is 0.508 e. The lowest BCUT2D eigenvalue weighted by molar-refractivity contribution is 0.0937. The van der Waals surface area contributed by atoms with Crippen molar-refractivity contribution in [3.05, 3.63) is 71.6 Å². The number of nitrogens with one attached hydrogen (secondary N) is 1. The predicted molar refractivity (Wildman–Crippen MR) is 107 cm³/mol. The summed E-state index contributed by atoms with van der Waals surface area (Å²) in [5, 5.41) is 21.7. The van der Waals surface area contributed by atoms with Gasteiger partial charge >= 0.3 is 0 Å². The molecule has 0 radical (unpaired) electrons. The molecular weight excluding hydrogens is 368 g/mol. The molecule has 3 aromatic rings.